The van der Waals surface area contributed by atoms with Crippen LogP contribution in [0.25, 0.3) is 0 Å². The zero-order chi connectivity index (χ0) is 11.9. The number of allylic oxidation sites excluding steroid dienone is 1. The van der Waals surface area contributed by atoms with Gasteiger partial charge in [-0.05, 0) is 46.2 Å². The van der Waals surface area contributed by atoms with Gasteiger partial charge in [0.25, 0.3) is 0 Å². The van der Waals surface area contributed by atoms with E-state index in [4.69, 9.17) is 5.73 Å². The monoisotopic (exact) mass is 212 g/mol. The Morgan fingerprint density at radius 3 is 2.20 bits per heavy atom. The molecule has 0 rings (SSSR count). The maximum Gasteiger partial charge on any atom is 0.0349 e. The van der Waals surface area contributed by atoms with Gasteiger partial charge in [-0.25, -0.2) is 0 Å². The van der Waals surface area contributed by atoms with E-state index in [-0.39, 0.29) is 11.6 Å². The Morgan fingerprint density at radius 2 is 1.87 bits per heavy atom. The molecule has 0 aliphatic carbocycles. The average molecular weight is 212 g/mol. The summed E-state index contributed by atoms with van der Waals surface area (Å²) in [5.41, 5.74) is 6.51. The highest BCUT2D eigenvalue weighted by Gasteiger charge is 2.34. The van der Waals surface area contributed by atoms with E-state index in [9.17, 15) is 0 Å². The van der Waals surface area contributed by atoms with Gasteiger partial charge in [0.2, 0.25) is 0 Å². The van der Waals surface area contributed by atoms with E-state index in [2.05, 4.69) is 39.4 Å². The molecule has 1 unspecified atom stereocenters. The van der Waals surface area contributed by atoms with Gasteiger partial charge >= 0.3 is 0 Å². The summed E-state index contributed by atoms with van der Waals surface area (Å²) in [6.07, 6.45) is 7.52. The molecule has 90 valence electrons. The van der Waals surface area contributed by atoms with E-state index in [1.807, 2.05) is 6.08 Å². The molecule has 0 aliphatic heterocycles. The zero-order valence-corrected chi connectivity index (χ0v) is 10.9. The zero-order valence-electron chi connectivity index (χ0n) is 10.9. The number of nitrogens with two attached hydrogens (primary N) is 1. The van der Waals surface area contributed by atoms with Crippen molar-refractivity contribution in [2.24, 2.45) is 5.73 Å². The van der Waals surface area contributed by atoms with Crippen LogP contribution in [-0.4, -0.2) is 30.6 Å². The van der Waals surface area contributed by atoms with Crippen molar-refractivity contribution in [2.75, 3.05) is 14.1 Å². The Hall–Kier alpha value is -0.340. The van der Waals surface area contributed by atoms with Crippen molar-refractivity contribution >= 4 is 0 Å². The highest BCUT2D eigenvalue weighted by Crippen LogP contribution is 2.27. The number of nitrogens with zero attached hydrogens (tertiary/aromatic N) is 1. The van der Waals surface area contributed by atoms with E-state index >= 15 is 0 Å². The molecule has 0 aromatic carbocycles. The molecule has 0 aliphatic rings. The fraction of sp³-hybridized carbons (Fsp3) is 0.846. The molecule has 2 heteroatoms. The van der Waals surface area contributed by atoms with E-state index in [0.29, 0.717) is 0 Å². The van der Waals surface area contributed by atoms with Crippen LogP contribution in [0.1, 0.15) is 46.0 Å². The summed E-state index contributed by atoms with van der Waals surface area (Å²) in [5, 5.41) is 0. The first-order chi connectivity index (χ1) is 7.05. The Labute approximate surface area is 95.5 Å². The quantitative estimate of drug-likeness (QED) is 0.495. The number of hydrogen-bond acceptors (Lipinski definition) is 2. The van der Waals surface area contributed by atoms with E-state index in [1.165, 1.54) is 0 Å². The lowest BCUT2D eigenvalue weighted by Crippen LogP contribution is -2.56. The Morgan fingerprint density at radius 1 is 1.33 bits per heavy atom. The molecule has 0 aromatic heterocycles. The van der Waals surface area contributed by atoms with Crippen molar-refractivity contribution in [1.82, 2.24) is 4.90 Å². The number of rotatable bonds is 8. The van der Waals surface area contributed by atoms with Crippen molar-refractivity contribution in [1.29, 1.82) is 0 Å². The van der Waals surface area contributed by atoms with Crippen LogP contribution in [0.5, 0.6) is 0 Å². The van der Waals surface area contributed by atoms with E-state index < -0.39 is 0 Å². The summed E-state index contributed by atoms with van der Waals surface area (Å²) < 4.78 is 0. The average Bonchev–Trinajstić information content (AvgIpc) is 2.20. The molecule has 0 heterocycles. The van der Waals surface area contributed by atoms with Crippen molar-refractivity contribution in [3.05, 3.63) is 12.7 Å². The lowest BCUT2D eigenvalue weighted by molar-refractivity contribution is 0.101. The smallest absolute Gasteiger partial charge is 0.0349 e. The van der Waals surface area contributed by atoms with Crippen molar-refractivity contribution in [2.45, 2.75) is 57.5 Å². The lowest BCUT2D eigenvalue weighted by Gasteiger charge is -2.43. The van der Waals surface area contributed by atoms with Gasteiger partial charge in [-0.3, -0.25) is 0 Å². The molecule has 2 N–H and O–H groups in total. The van der Waals surface area contributed by atoms with Gasteiger partial charge in [-0.15, -0.1) is 6.58 Å². The van der Waals surface area contributed by atoms with Gasteiger partial charge in [0, 0.05) is 11.6 Å². The maximum atomic E-state index is 6.34. The normalized spacial score (nSPS) is 14.3. The third-order valence-corrected chi connectivity index (χ3v) is 3.73. The van der Waals surface area contributed by atoms with Crippen LogP contribution in [-0.2, 0) is 0 Å². The summed E-state index contributed by atoms with van der Waals surface area (Å²) in [4.78, 5) is 2.30. The van der Waals surface area contributed by atoms with Crippen LogP contribution < -0.4 is 5.73 Å². The summed E-state index contributed by atoms with van der Waals surface area (Å²) in [6.45, 7) is 8.21. The topological polar surface area (TPSA) is 29.3 Å². The molecule has 0 saturated carbocycles. The summed E-state index contributed by atoms with van der Waals surface area (Å²) in [6, 6.07) is 0.266. The van der Waals surface area contributed by atoms with Crippen LogP contribution in [0.15, 0.2) is 12.7 Å². The van der Waals surface area contributed by atoms with Gasteiger partial charge in [0.15, 0.2) is 0 Å². The predicted octanol–water partition coefficient (Wildman–Crippen LogP) is 2.79. The van der Waals surface area contributed by atoms with Crippen LogP contribution in [0.2, 0.25) is 0 Å². The van der Waals surface area contributed by atoms with E-state index in [1.54, 1.807) is 0 Å². The molecule has 0 saturated heterocycles. The molecular weight excluding hydrogens is 184 g/mol. The minimum atomic E-state index is 0.168. The van der Waals surface area contributed by atoms with Gasteiger partial charge in [-0.2, -0.15) is 0 Å². The fourth-order valence-corrected chi connectivity index (χ4v) is 2.49. The molecular formula is C13H28N2. The van der Waals surface area contributed by atoms with Crippen molar-refractivity contribution in [3.63, 3.8) is 0 Å². The largest absolute Gasteiger partial charge is 0.326 e. The molecule has 0 aromatic rings. The van der Waals surface area contributed by atoms with Crippen LogP contribution in [0.3, 0.4) is 0 Å². The summed E-state index contributed by atoms with van der Waals surface area (Å²) >= 11 is 0. The first-order valence-electron chi connectivity index (χ1n) is 6.09. The second-order valence-electron chi connectivity index (χ2n) is 4.53. The highest BCUT2D eigenvalue weighted by molar-refractivity contribution is 4.95. The molecule has 0 amide bonds. The third kappa shape index (κ3) is 3.62. The van der Waals surface area contributed by atoms with E-state index in [0.717, 1.165) is 32.1 Å². The Balaban J connectivity index is 4.40. The Bertz CT molecular complexity index is 171. The first-order valence-corrected chi connectivity index (χ1v) is 6.09. The van der Waals surface area contributed by atoms with Gasteiger partial charge in [0.05, 0.1) is 0 Å². The molecule has 0 bridgehead atoms. The van der Waals surface area contributed by atoms with Crippen LogP contribution in [0, 0.1) is 0 Å². The molecule has 0 radical (unpaired) electrons. The Kier molecular flexibility index (Phi) is 6.86. The lowest BCUT2D eigenvalue weighted by atomic mass is 9.81. The minimum absolute atomic E-state index is 0.168. The fourth-order valence-electron chi connectivity index (χ4n) is 2.49. The summed E-state index contributed by atoms with van der Waals surface area (Å²) in [5.74, 6) is 0. The molecule has 0 fully saturated rings. The first kappa shape index (κ1) is 14.7. The summed E-state index contributed by atoms with van der Waals surface area (Å²) in [7, 11) is 4.28. The SMILES string of the molecule is C=CCCCC(N)C(CC)(CC)N(C)C. The standard InChI is InChI=1S/C13H28N2/c1-6-9-10-11-12(14)13(7-2,8-3)15(4)5/h6,12H,1,7-11,14H2,2-5H3. The number of likely N-dealkylation sites (N-methyl/N-ethyl adjacent to an activating group) is 1. The second kappa shape index (κ2) is 7.02. The highest BCUT2D eigenvalue weighted by atomic mass is 15.2. The van der Waals surface area contributed by atoms with Gasteiger partial charge in [-0.1, -0.05) is 19.9 Å². The predicted molar refractivity (Wildman–Crippen MR) is 69.0 cm³/mol. The molecule has 2 nitrogen and oxygen atoms in total. The molecule has 15 heavy (non-hydrogen) atoms. The van der Waals surface area contributed by atoms with Crippen LogP contribution in [0.4, 0.5) is 0 Å². The molecule has 1 atom stereocenters. The van der Waals surface area contributed by atoms with Crippen molar-refractivity contribution in [3.8, 4) is 0 Å². The molecule has 0 spiro atoms. The maximum absolute atomic E-state index is 6.34. The third-order valence-electron chi connectivity index (χ3n) is 3.73. The van der Waals surface area contributed by atoms with Gasteiger partial charge in [0.1, 0.15) is 0 Å². The number of hydrogen-bond donors (Lipinski definition) is 1. The second-order valence-corrected chi connectivity index (χ2v) is 4.53. The van der Waals surface area contributed by atoms with Crippen LogP contribution >= 0.6 is 0 Å². The van der Waals surface area contributed by atoms with Crippen molar-refractivity contribution < 1.29 is 0 Å². The van der Waals surface area contributed by atoms with Gasteiger partial charge < -0.3 is 10.6 Å². The minimum Gasteiger partial charge on any atom is -0.326 e. The number of unbranched alkanes of at least 4 members (excludes halogenated alkanes) is 1.